The third-order valence-electron chi connectivity index (χ3n) is 1.69. The van der Waals surface area contributed by atoms with Crippen molar-refractivity contribution in [2.24, 2.45) is 5.73 Å². The van der Waals surface area contributed by atoms with E-state index in [4.69, 9.17) is 10.8 Å². The molecule has 0 aromatic carbocycles. The van der Waals surface area contributed by atoms with Gasteiger partial charge in [-0.1, -0.05) is 0 Å². The van der Waals surface area contributed by atoms with Gasteiger partial charge < -0.3 is 10.8 Å². The van der Waals surface area contributed by atoms with Crippen molar-refractivity contribution >= 4 is 5.97 Å². The van der Waals surface area contributed by atoms with E-state index in [0.29, 0.717) is 0 Å². The number of aromatic nitrogens is 2. The molecule has 3 N–H and O–H groups in total. The molecule has 76 valence electrons. The van der Waals surface area contributed by atoms with Gasteiger partial charge in [0.2, 0.25) is 0 Å². The van der Waals surface area contributed by atoms with E-state index < -0.39 is 12.0 Å². The molecule has 1 aromatic heterocycles. The molecule has 0 radical (unpaired) electrons. The van der Waals surface area contributed by atoms with Crippen molar-refractivity contribution in [1.82, 2.24) is 9.78 Å². The monoisotopic (exact) mass is 197 g/mol. The fraction of sp³-hybridized carbons (Fsp3) is 0.375. The van der Waals surface area contributed by atoms with Crippen LogP contribution in [0.25, 0.3) is 0 Å². The lowest BCUT2D eigenvalue weighted by atomic mass is 10.3. The Morgan fingerprint density at radius 1 is 1.79 bits per heavy atom. The van der Waals surface area contributed by atoms with Crippen molar-refractivity contribution in [2.75, 3.05) is 0 Å². The number of rotatable bonds is 3. The smallest absolute Gasteiger partial charge is 0.322 e. The number of aryl methyl sites for hydroxylation is 1. The van der Waals surface area contributed by atoms with Crippen LogP contribution in [0.2, 0.25) is 0 Å². The zero-order valence-electron chi connectivity index (χ0n) is 7.67. The number of carboxylic acids is 1. The average molecular weight is 197 g/mol. The topological polar surface area (TPSA) is 98.2 Å². The SMILES string of the molecule is Cc1cnn(CC(N)C(=O)O)c(=O)c1. The maximum absolute atomic E-state index is 11.3. The van der Waals surface area contributed by atoms with E-state index in [1.54, 1.807) is 6.92 Å². The molecule has 6 heteroatoms. The summed E-state index contributed by atoms with van der Waals surface area (Å²) in [4.78, 5) is 21.7. The van der Waals surface area contributed by atoms with Crippen LogP contribution in [0.4, 0.5) is 0 Å². The number of aliphatic carboxylic acids is 1. The molecule has 0 spiro atoms. The molecule has 0 aliphatic carbocycles. The molecule has 0 bridgehead atoms. The molecular weight excluding hydrogens is 186 g/mol. The minimum Gasteiger partial charge on any atom is -0.480 e. The average Bonchev–Trinajstić information content (AvgIpc) is 2.09. The summed E-state index contributed by atoms with van der Waals surface area (Å²) >= 11 is 0. The molecule has 1 heterocycles. The third-order valence-corrected chi connectivity index (χ3v) is 1.69. The highest BCUT2D eigenvalue weighted by molar-refractivity contribution is 5.72. The highest BCUT2D eigenvalue weighted by Crippen LogP contribution is 1.88. The molecular formula is C8H11N3O3. The minimum absolute atomic E-state index is 0.117. The lowest BCUT2D eigenvalue weighted by Crippen LogP contribution is -2.38. The molecule has 1 unspecified atom stereocenters. The van der Waals surface area contributed by atoms with Crippen molar-refractivity contribution in [3.05, 3.63) is 28.2 Å². The summed E-state index contributed by atoms with van der Waals surface area (Å²) in [5.74, 6) is -1.15. The molecule has 0 fully saturated rings. The maximum Gasteiger partial charge on any atom is 0.322 e. The summed E-state index contributed by atoms with van der Waals surface area (Å²) in [6.45, 7) is 1.62. The molecule has 0 saturated carbocycles. The van der Waals surface area contributed by atoms with Crippen LogP contribution in [0.3, 0.4) is 0 Å². The van der Waals surface area contributed by atoms with Crippen molar-refractivity contribution in [2.45, 2.75) is 19.5 Å². The number of carboxylic acid groups (broad SMARTS) is 1. The van der Waals surface area contributed by atoms with Crippen LogP contribution in [-0.4, -0.2) is 26.9 Å². The van der Waals surface area contributed by atoms with Gasteiger partial charge in [-0.25, -0.2) is 4.68 Å². The zero-order valence-corrected chi connectivity index (χ0v) is 7.67. The Labute approximate surface area is 80.0 Å². The van der Waals surface area contributed by atoms with Crippen molar-refractivity contribution in [3.63, 3.8) is 0 Å². The summed E-state index contributed by atoms with van der Waals surface area (Å²) in [5.41, 5.74) is 5.64. The second-order valence-corrected chi connectivity index (χ2v) is 3.00. The Balaban J connectivity index is 2.88. The van der Waals surface area contributed by atoms with Crippen LogP contribution in [0.15, 0.2) is 17.1 Å². The van der Waals surface area contributed by atoms with Gasteiger partial charge in [0.05, 0.1) is 12.7 Å². The van der Waals surface area contributed by atoms with E-state index in [1.165, 1.54) is 12.3 Å². The van der Waals surface area contributed by atoms with Crippen LogP contribution in [0, 0.1) is 6.92 Å². The largest absolute Gasteiger partial charge is 0.480 e. The molecule has 6 nitrogen and oxygen atoms in total. The molecule has 0 aliphatic rings. The lowest BCUT2D eigenvalue weighted by molar-refractivity contribution is -0.138. The predicted molar refractivity (Wildman–Crippen MR) is 48.8 cm³/mol. The third kappa shape index (κ3) is 2.40. The molecule has 1 aromatic rings. The van der Waals surface area contributed by atoms with Crippen molar-refractivity contribution < 1.29 is 9.90 Å². The van der Waals surface area contributed by atoms with Gasteiger partial charge in [0.15, 0.2) is 0 Å². The fourth-order valence-electron chi connectivity index (χ4n) is 0.926. The second-order valence-electron chi connectivity index (χ2n) is 3.00. The highest BCUT2D eigenvalue weighted by atomic mass is 16.4. The Hall–Kier alpha value is -1.69. The standard InChI is InChI=1S/C8H11N3O3/c1-5-2-7(12)11(10-3-5)4-6(9)8(13)14/h2-3,6H,4,9H2,1H3,(H,13,14). The normalized spacial score (nSPS) is 12.4. The zero-order chi connectivity index (χ0) is 10.7. The molecule has 1 atom stereocenters. The van der Waals surface area contributed by atoms with Gasteiger partial charge in [-0.15, -0.1) is 0 Å². The first-order valence-electron chi connectivity index (χ1n) is 4.03. The Kier molecular flexibility index (Phi) is 2.98. The van der Waals surface area contributed by atoms with Gasteiger partial charge >= 0.3 is 5.97 Å². The fourth-order valence-corrected chi connectivity index (χ4v) is 0.926. The Bertz CT molecular complexity index is 399. The predicted octanol–water partition coefficient (Wildman–Crippen LogP) is -1.04. The van der Waals surface area contributed by atoms with Crippen LogP contribution >= 0.6 is 0 Å². The summed E-state index contributed by atoms with van der Waals surface area (Å²) < 4.78 is 1.03. The van der Waals surface area contributed by atoms with Crippen molar-refractivity contribution in [1.29, 1.82) is 0 Å². The van der Waals surface area contributed by atoms with Crippen LogP contribution in [0.1, 0.15) is 5.56 Å². The first-order valence-corrected chi connectivity index (χ1v) is 4.03. The van der Waals surface area contributed by atoms with Gasteiger partial charge in [0, 0.05) is 6.07 Å². The molecule has 14 heavy (non-hydrogen) atoms. The number of hydrogen-bond acceptors (Lipinski definition) is 4. The maximum atomic E-state index is 11.3. The lowest BCUT2D eigenvalue weighted by Gasteiger charge is -2.07. The molecule has 0 amide bonds. The highest BCUT2D eigenvalue weighted by Gasteiger charge is 2.13. The van der Waals surface area contributed by atoms with Gasteiger partial charge in [-0.05, 0) is 12.5 Å². The number of carbonyl (C=O) groups is 1. The summed E-state index contributed by atoms with van der Waals surface area (Å²) in [6, 6.07) is 0.268. The number of nitrogens with zero attached hydrogens (tertiary/aromatic N) is 2. The van der Waals surface area contributed by atoms with E-state index in [1.807, 2.05) is 0 Å². The van der Waals surface area contributed by atoms with E-state index in [-0.39, 0.29) is 12.1 Å². The van der Waals surface area contributed by atoms with Crippen LogP contribution in [-0.2, 0) is 11.3 Å². The van der Waals surface area contributed by atoms with Gasteiger partial charge in [-0.2, -0.15) is 5.10 Å². The molecule has 1 rings (SSSR count). The minimum atomic E-state index is -1.15. The number of hydrogen-bond donors (Lipinski definition) is 2. The molecule has 0 aliphatic heterocycles. The van der Waals surface area contributed by atoms with E-state index in [9.17, 15) is 9.59 Å². The Morgan fingerprint density at radius 2 is 2.43 bits per heavy atom. The quantitative estimate of drug-likeness (QED) is 0.645. The first-order chi connectivity index (χ1) is 6.50. The van der Waals surface area contributed by atoms with Gasteiger partial charge in [0.1, 0.15) is 6.04 Å². The van der Waals surface area contributed by atoms with Gasteiger partial charge in [0.25, 0.3) is 5.56 Å². The summed E-state index contributed by atoms with van der Waals surface area (Å²) in [6.07, 6.45) is 1.48. The summed E-state index contributed by atoms with van der Waals surface area (Å²) in [7, 11) is 0. The van der Waals surface area contributed by atoms with Crippen molar-refractivity contribution in [3.8, 4) is 0 Å². The van der Waals surface area contributed by atoms with E-state index in [0.717, 1.165) is 10.2 Å². The second kappa shape index (κ2) is 4.01. The first kappa shape index (κ1) is 10.4. The summed E-state index contributed by atoms with van der Waals surface area (Å²) in [5, 5.41) is 12.3. The van der Waals surface area contributed by atoms with E-state index in [2.05, 4.69) is 5.10 Å². The van der Waals surface area contributed by atoms with Crippen LogP contribution in [0.5, 0.6) is 0 Å². The number of nitrogens with two attached hydrogens (primary N) is 1. The molecule has 0 saturated heterocycles. The van der Waals surface area contributed by atoms with E-state index >= 15 is 0 Å². The van der Waals surface area contributed by atoms with Gasteiger partial charge in [-0.3, -0.25) is 9.59 Å². The Morgan fingerprint density at radius 3 is 2.93 bits per heavy atom. The van der Waals surface area contributed by atoms with Crippen LogP contribution < -0.4 is 11.3 Å².